The summed E-state index contributed by atoms with van der Waals surface area (Å²) in [6, 6.07) is 6.12. The number of nitrogens with one attached hydrogen (secondary N) is 2. The Bertz CT molecular complexity index is 418. The quantitative estimate of drug-likeness (QED) is 0.660. The lowest BCUT2D eigenvalue weighted by atomic mass is 10.2. The molecule has 0 spiro atoms. The maximum Gasteiger partial charge on any atom is 0.251 e. The van der Waals surface area contributed by atoms with E-state index >= 15 is 0 Å². The number of carbonyl (C=O) groups is 2. The highest BCUT2D eigenvalue weighted by molar-refractivity contribution is 5.94. The normalized spacial score (nSPS) is 9.83. The molecular weight excluding hydrogens is 232 g/mol. The Morgan fingerprint density at radius 2 is 1.94 bits per heavy atom. The Kier molecular flexibility index (Phi) is 5.70. The van der Waals surface area contributed by atoms with Gasteiger partial charge in [0.15, 0.2) is 0 Å². The van der Waals surface area contributed by atoms with Crippen LogP contribution in [0.25, 0.3) is 0 Å². The van der Waals surface area contributed by atoms with Gasteiger partial charge in [-0.25, -0.2) is 0 Å². The zero-order valence-electron chi connectivity index (χ0n) is 10.4. The summed E-state index contributed by atoms with van der Waals surface area (Å²) >= 11 is 0. The summed E-state index contributed by atoms with van der Waals surface area (Å²) in [6.45, 7) is 2.70. The SMILES string of the molecule is CCCC(=O)NCCNC(=O)c1cccc(O)c1. The van der Waals surface area contributed by atoms with Gasteiger partial charge in [-0.15, -0.1) is 0 Å². The number of amides is 2. The molecule has 0 atom stereocenters. The van der Waals surface area contributed by atoms with E-state index in [4.69, 9.17) is 0 Å². The Hall–Kier alpha value is -2.04. The van der Waals surface area contributed by atoms with E-state index in [1.807, 2.05) is 6.92 Å². The van der Waals surface area contributed by atoms with E-state index < -0.39 is 0 Å². The number of hydrogen-bond donors (Lipinski definition) is 3. The molecule has 0 fully saturated rings. The molecule has 1 aromatic rings. The van der Waals surface area contributed by atoms with Crippen LogP contribution in [0, 0.1) is 0 Å². The lowest BCUT2D eigenvalue weighted by Crippen LogP contribution is -2.34. The van der Waals surface area contributed by atoms with Crippen LogP contribution in [0.5, 0.6) is 5.75 Å². The third kappa shape index (κ3) is 4.86. The molecule has 0 unspecified atom stereocenters. The number of benzene rings is 1. The van der Waals surface area contributed by atoms with Crippen molar-refractivity contribution in [3.8, 4) is 5.75 Å². The molecule has 5 heteroatoms. The van der Waals surface area contributed by atoms with Gasteiger partial charge in [-0.3, -0.25) is 9.59 Å². The maximum absolute atomic E-state index is 11.6. The summed E-state index contributed by atoms with van der Waals surface area (Å²) in [4.78, 5) is 22.8. The fraction of sp³-hybridized carbons (Fsp3) is 0.385. The van der Waals surface area contributed by atoms with Gasteiger partial charge < -0.3 is 15.7 Å². The molecule has 1 aromatic carbocycles. The molecule has 98 valence electrons. The van der Waals surface area contributed by atoms with E-state index in [2.05, 4.69) is 10.6 Å². The maximum atomic E-state index is 11.6. The Morgan fingerprint density at radius 3 is 2.61 bits per heavy atom. The first-order valence-electron chi connectivity index (χ1n) is 5.97. The zero-order chi connectivity index (χ0) is 13.4. The van der Waals surface area contributed by atoms with E-state index in [1.165, 1.54) is 12.1 Å². The second kappa shape index (κ2) is 7.32. The minimum Gasteiger partial charge on any atom is -0.508 e. The van der Waals surface area contributed by atoms with E-state index in [1.54, 1.807) is 12.1 Å². The van der Waals surface area contributed by atoms with Crippen molar-refractivity contribution in [3.05, 3.63) is 29.8 Å². The summed E-state index contributed by atoms with van der Waals surface area (Å²) in [5, 5.41) is 14.6. The van der Waals surface area contributed by atoms with Crippen molar-refractivity contribution in [2.24, 2.45) is 0 Å². The minimum absolute atomic E-state index is 0.0101. The smallest absolute Gasteiger partial charge is 0.251 e. The molecule has 0 saturated heterocycles. The van der Waals surface area contributed by atoms with Crippen molar-refractivity contribution < 1.29 is 14.7 Å². The summed E-state index contributed by atoms with van der Waals surface area (Å²) in [6.07, 6.45) is 1.31. The molecule has 0 aliphatic rings. The highest BCUT2D eigenvalue weighted by atomic mass is 16.3. The second-order valence-electron chi connectivity index (χ2n) is 3.91. The molecule has 0 aliphatic carbocycles. The van der Waals surface area contributed by atoms with Crippen LogP contribution in [-0.2, 0) is 4.79 Å². The van der Waals surface area contributed by atoms with Gasteiger partial charge in [0.1, 0.15) is 5.75 Å². The summed E-state index contributed by atoms with van der Waals surface area (Å²) in [5.41, 5.74) is 0.398. The molecule has 18 heavy (non-hydrogen) atoms. The molecule has 0 aliphatic heterocycles. The van der Waals surface area contributed by atoms with Gasteiger partial charge in [0.2, 0.25) is 5.91 Å². The third-order valence-corrected chi connectivity index (χ3v) is 2.32. The summed E-state index contributed by atoms with van der Waals surface area (Å²) < 4.78 is 0. The number of rotatable bonds is 6. The zero-order valence-corrected chi connectivity index (χ0v) is 10.4. The molecule has 3 N–H and O–H groups in total. The van der Waals surface area contributed by atoms with Crippen LogP contribution in [0.3, 0.4) is 0 Å². The van der Waals surface area contributed by atoms with Gasteiger partial charge in [0.05, 0.1) is 0 Å². The fourth-order valence-corrected chi connectivity index (χ4v) is 1.44. The minimum atomic E-state index is -0.268. The van der Waals surface area contributed by atoms with Crippen LogP contribution in [-0.4, -0.2) is 30.0 Å². The fourth-order valence-electron chi connectivity index (χ4n) is 1.44. The highest BCUT2D eigenvalue weighted by Gasteiger charge is 2.05. The number of phenolic OH excluding ortho intramolecular Hbond substituents is 1. The summed E-state index contributed by atoms with van der Waals surface area (Å²) in [5.74, 6) is -0.223. The van der Waals surface area contributed by atoms with Crippen molar-refractivity contribution in [3.63, 3.8) is 0 Å². The Balaban J connectivity index is 2.27. The van der Waals surface area contributed by atoms with E-state index in [-0.39, 0.29) is 17.6 Å². The number of aromatic hydroxyl groups is 1. The number of phenols is 1. The van der Waals surface area contributed by atoms with Crippen molar-refractivity contribution >= 4 is 11.8 Å². The van der Waals surface area contributed by atoms with E-state index in [0.717, 1.165) is 6.42 Å². The molecule has 1 rings (SSSR count). The van der Waals surface area contributed by atoms with Crippen molar-refractivity contribution in [2.75, 3.05) is 13.1 Å². The lowest BCUT2D eigenvalue weighted by molar-refractivity contribution is -0.121. The Morgan fingerprint density at radius 1 is 1.22 bits per heavy atom. The molecule has 2 amide bonds. The molecule has 0 heterocycles. The van der Waals surface area contributed by atoms with Crippen LogP contribution >= 0.6 is 0 Å². The first-order valence-corrected chi connectivity index (χ1v) is 5.97. The van der Waals surface area contributed by atoms with Crippen LogP contribution in [0.1, 0.15) is 30.1 Å². The second-order valence-corrected chi connectivity index (χ2v) is 3.91. The molecule has 0 saturated carbocycles. The van der Waals surface area contributed by atoms with Gasteiger partial charge in [0, 0.05) is 25.1 Å². The Labute approximate surface area is 106 Å². The largest absolute Gasteiger partial charge is 0.508 e. The highest BCUT2D eigenvalue weighted by Crippen LogP contribution is 2.10. The van der Waals surface area contributed by atoms with Crippen LogP contribution in [0.15, 0.2) is 24.3 Å². The van der Waals surface area contributed by atoms with E-state index in [0.29, 0.717) is 25.1 Å². The van der Waals surface area contributed by atoms with E-state index in [9.17, 15) is 14.7 Å². The molecule has 5 nitrogen and oxygen atoms in total. The molecule has 0 radical (unpaired) electrons. The van der Waals surface area contributed by atoms with Crippen LogP contribution in [0.2, 0.25) is 0 Å². The first-order chi connectivity index (χ1) is 8.63. The average molecular weight is 250 g/mol. The molecule has 0 aromatic heterocycles. The van der Waals surface area contributed by atoms with Crippen molar-refractivity contribution in [1.82, 2.24) is 10.6 Å². The molecular formula is C13H18N2O3. The van der Waals surface area contributed by atoms with Gasteiger partial charge in [-0.1, -0.05) is 13.0 Å². The standard InChI is InChI=1S/C13H18N2O3/c1-2-4-12(17)14-7-8-15-13(18)10-5-3-6-11(16)9-10/h3,5-6,9,16H,2,4,7-8H2,1H3,(H,14,17)(H,15,18). The van der Waals surface area contributed by atoms with Crippen molar-refractivity contribution in [2.45, 2.75) is 19.8 Å². The van der Waals surface area contributed by atoms with Crippen LogP contribution < -0.4 is 10.6 Å². The van der Waals surface area contributed by atoms with Gasteiger partial charge >= 0.3 is 0 Å². The lowest BCUT2D eigenvalue weighted by Gasteiger charge is -2.07. The third-order valence-electron chi connectivity index (χ3n) is 2.32. The topological polar surface area (TPSA) is 78.4 Å². The van der Waals surface area contributed by atoms with Gasteiger partial charge in [0.25, 0.3) is 5.91 Å². The van der Waals surface area contributed by atoms with Crippen molar-refractivity contribution in [1.29, 1.82) is 0 Å². The predicted molar refractivity (Wildman–Crippen MR) is 68.4 cm³/mol. The average Bonchev–Trinajstić information content (AvgIpc) is 2.35. The predicted octanol–water partition coefficient (Wildman–Crippen LogP) is 1.04. The first kappa shape index (κ1) is 14.0. The number of carbonyl (C=O) groups excluding carboxylic acids is 2. The van der Waals surface area contributed by atoms with Gasteiger partial charge in [-0.05, 0) is 24.6 Å². The van der Waals surface area contributed by atoms with Gasteiger partial charge in [-0.2, -0.15) is 0 Å². The monoisotopic (exact) mass is 250 g/mol. The van der Waals surface area contributed by atoms with Crippen LogP contribution in [0.4, 0.5) is 0 Å². The summed E-state index contributed by atoms with van der Waals surface area (Å²) in [7, 11) is 0. The molecule has 0 bridgehead atoms. The number of hydrogen-bond acceptors (Lipinski definition) is 3.